The number of nitrogens with one attached hydrogen (secondary N) is 1. The third-order valence-corrected chi connectivity index (χ3v) is 4.23. The third kappa shape index (κ3) is 5.87. The van der Waals surface area contributed by atoms with Crippen LogP contribution < -0.4 is 5.32 Å². The molecule has 1 aliphatic heterocycles. The van der Waals surface area contributed by atoms with Crippen LogP contribution in [0.1, 0.15) is 28.8 Å². The SMILES string of the molecule is C=CCN(CC=C)CC(=O)NCc1ccc(C(=O)N2CCCC2)cc1. The molecule has 2 amide bonds. The molecule has 0 radical (unpaired) electrons. The zero-order valence-electron chi connectivity index (χ0n) is 14.7. The molecule has 0 atom stereocenters. The fourth-order valence-electron chi connectivity index (χ4n) is 2.90. The smallest absolute Gasteiger partial charge is 0.253 e. The molecule has 0 aromatic heterocycles. The van der Waals surface area contributed by atoms with Gasteiger partial charge in [-0.25, -0.2) is 0 Å². The van der Waals surface area contributed by atoms with Gasteiger partial charge in [0.05, 0.1) is 6.54 Å². The number of carbonyl (C=O) groups is 2. The summed E-state index contributed by atoms with van der Waals surface area (Å²) in [5, 5.41) is 2.91. The summed E-state index contributed by atoms with van der Waals surface area (Å²) in [6.45, 7) is 11.1. The molecule has 1 heterocycles. The molecule has 1 fully saturated rings. The average molecular weight is 341 g/mol. The van der Waals surface area contributed by atoms with Gasteiger partial charge in [-0.3, -0.25) is 14.5 Å². The van der Waals surface area contributed by atoms with Gasteiger partial charge < -0.3 is 10.2 Å². The number of carbonyl (C=O) groups excluding carboxylic acids is 2. The predicted molar refractivity (Wildman–Crippen MR) is 100 cm³/mol. The van der Waals surface area contributed by atoms with Gasteiger partial charge >= 0.3 is 0 Å². The highest BCUT2D eigenvalue weighted by molar-refractivity contribution is 5.94. The van der Waals surface area contributed by atoms with E-state index >= 15 is 0 Å². The van der Waals surface area contributed by atoms with Gasteiger partial charge in [0.1, 0.15) is 0 Å². The van der Waals surface area contributed by atoms with E-state index in [2.05, 4.69) is 18.5 Å². The van der Waals surface area contributed by atoms with Crippen LogP contribution in [0.5, 0.6) is 0 Å². The lowest BCUT2D eigenvalue weighted by atomic mass is 10.1. The van der Waals surface area contributed by atoms with E-state index in [0.717, 1.165) is 31.5 Å². The summed E-state index contributed by atoms with van der Waals surface area (Å²) < 4.78 is 0. The second kappa shape index (κ2) is 9.79. The van der Waals surface area contributed by atoms with Crippen LogP contribution in [-0.4, -0.2) is 54.3 Å². The number of benzene rings is 1. The minimum atomic E-state index is -0.0408. The van der Waals surface area contributed by atoms with Crippen LogP contribution in [0.2, 0.25) is 0 Å². The van der Waals surface area contributed by atoms with Gasteiger partial charge in [-0.15, -0.1) is 13.2 Å². The number of rotatable bonds is 9. The van der Waals surface area contributed by atoms with Crippen LogP contribution in [0.3, 0.4) is 0 Å². The Bertz CT molecular complexity index is 594. The van der Waals surface area contributed by atoms with E-state index in [1.165, 1.54) is 0 Å². The summed E-state index contributed by atoms with van der Waals surface area (Å²) in [6, 6.07) is 7.47. The van der Waals surface area contributed by atoms with Crippen molar-refractivity contribution in [2.24, 2.45) is 0 Å². The summed E-state index contributed by atoms with van der Waals surface area (Å²) in [6.07, 6.45) is 5.72. The van der Waals surface area contributed by atoms with Crippen molar-refractivity contribution in [1.82, 2.24) is 15.1 Å². The van der Waals surface area contributed by atoms with E-state index in [4.69, 9.17) is 0 Å². The Hall–Kier alpha value is -2.40. The first-order chi connectivity index (χ1) is 12.1. The number of hydrogen-bond acceptors (Lipinski definition) is 3. The summed E-state index contributed by atoms with van der Waals surface area (Å²) in [4.78, 5) is 28.2. The van der Waals surface area contributed by atoms with E-state index in [1.807, 2.05) is 34.1 Å². The number of amides is 2. The van der Waals surface area contributed by atoms with Crippen LogP contribution in [0, 0.1) is 0 Å². The topological polar surface area (TPSA) is 52.7 Å². The lowest BCUT2D eigenvalue weighted by Crippen LogP contribution is -2.37. The second-order valence-corrected chi connectivity index (χ2v) is 6.24. The summed E-state index contributed by atoms with van der Waals surface area (Å²) in [5.74, 6) is 0.0542. The molecule has 0 unspecified atom stereocenters. The summed E-state index contributed by atoms with van der Waals surface area (Å²) in [7, 11) is 0. The lowest BCUT2D eigenvalue weighted by molar-refractivity contribution is -0.122. The summed E-state index contributed by atoms with van der Waals surface area (Å²) >= 11 is 0. The van der Waals surface area contributed by atoms with E-state index in [9.17, 15) is 9.59 Å². The minimum absolute atomic E-state index is 0.0408. The van der Waals surface area contributed by atoms with Gasteiger partial charge in [-0.1, -0.05) is 24.3 Å². The Balaban J connectivity index is 1.82. The second-order valence-electron chi connectivity index (χ2n) is 6.24. The van der Waals surface area contributed by atoms with Crippen LogP contribution >= 0.6 is 0 Å². The van der Waals surface area contributed by atoms with Crippen molar-refractivity contribution >= 4 is 11.8 Å². The first kappa shape index (κ1) is 18.9. The molecule has 1 N–H and O–H groups in total. The normalized spacial score (nSPS) is 13.7. The van der Waals surface area contributed by atoms with Gasteiger partial charge in [0.15, 0.2) is 0 Å². The molecule has 2 rings (SSSR count). The Kier molecular flexibility index (Phi) is 7.41. The summed E-state index contributed by atoms with van der Waals surface area (Å²) in [5.41, 5.74) is 1.69. The molecular formula is C20H27N3O2. The fourth-order valence-corrected chi connectivity index (χ4v) is 2.90. The van der Waals surface area contributed by atoms with Gasteiger partial charge in [0.25, 0.3) is 5.91 Å². The lowest BCUT2D eigenvalue weighted by Gasteiger charge is -2.18. The molecule has 0 bridgehead atoms. The molecule has 5 heteroatoms. The van der Waals surface area contributed by atoms with Crippen molar-refractivity contribution < 1.29 is 9.59 Å². The van der Waals surface area contributed by atoms with Crippen molar-refractivity contribution in [3.05, 3.63) is 60.7 Å². The molecule has 1 saturated heterocycles. The Labute approximate surface area is 150 Å². The molecular weight excluding hydrogens is 314 g/mol. The molecule has 134 valence electrons. The third-order valence-electron chi connectivity index (χ3n) is 4.23. The Morgan fingerprint density at radius 1 is 1.08 bits per heavy atom. The molecule has 1 aromatic carbocycles. The highest BCUT2D eigenvalue weighted by Gasteiger charge is 2.19. The van der Waals surface area contributed by atoms with E-state index < -0.39 is 0 Å². The highest BCUT2D eigenvalue weighted by Crippen LogP contribution is 2.13. The van der Waals surface area contributed by atoms with Gasteiger partial charge in [-0.2, -0.15) is 0 Å². The maximum Gasteiger partial charge on any atom is 0.253 e. The molecule has 0 saturated carbocycles. The van der Waals surface area contributed by atoms with Gasteiger partial charge in [0.2, 0.25) is 5.91 Å². The monoisotopic (exact) mass is 341 g/mol. The van der Waals surface area contributed by atoms with Crippen LogP contribution in [-0.2, 0) is 11.3 Å². The van der Waals surface area contributed by atoms with Crippen LogP contribution in [0.4, 0.5) is 0 Å². The van der Waals surface area contributed by atoms with Crippen molar-refractivity contribution in [2.45, 2.75) is 19.4 Å². The van der Waals surface area contributed by atoms with Crippen LogP contribution in [0.15, 0.2) is 49.6 Å². The van der Waals surface area contributed by atoms with Crippen LogP contribution in [0.25, 0.3) is 0 Å². The average Bonchev–Trinajstić information content (AvgIpc) is 3.15. The fraction of sp³-hybridized carbons (Fsp3) is 0.400. The molecule has 1 aliphatic rings. The van der Waals surface area contributed by atoms with Gasteiger partial charge in [0, 0.05) is 38.3 Å². The number of nitrogens with zero attached hydrogens (tertiary/aromatic N) is 2. The molecule has 1 aromatic rings. The quantitative estimate of drug-likeness (QED) is 0.701. The van der Waals surface area contributed by atoms with E-state index in [-0.39, 0.29) is 11.8 Å². The maximum atomic E-state index is 12.3. The van der Waals surface area contributed by atoms with Crippen molar-refractivity contribution in [1.29, 1.82) is 0 Å². The predicted octanol–water partition coefficient (Wildman–Crippen LogP) is 2.21. The minimum Gasteiger partial charge on any atom is -0.351 e. The molecule has 25 heavy (non-hydrogen) atoms. The number of likely N-dealkylation sites (tertiary alicyclic amines) is 1. The van der Waals surface area contributed by atoms with E-state index in [0.29, 0.717) is 31.7 Å². The molecule has 5 nitrogen and oxygen atoms in total. The zero-order valence-corrected chi connectivity index (χ0v) is 14.7. The first-order valence-electron chi connectivity index (χ1n) is 8.73. The first-order valence-corrected chi connectivity index (χ1v) is 8.73. The Morgan fingerprint density at radius 2 is 1.68 bits per heavy atom. The Morgan fingerprint density at radius 3 is 2.24 bits per heavy atom. The largest absolute Gasteiger partial charge is 0.351 e. The number of hydrogen-bond donors (Lipinski definition) is 1. The molecule has 0 aliphatic carbocycles. The van der Waals surface area contributed by atoms with Crippen molar-refractivity contribution in [2.75, 3.05) is 32.7 Å². The van der Waals surface area contributed by atoms with Crippen molar-refractivity contribution in [3.8, 4) is 0 Å². The highest BCUT2D eigenvalue weighted by atomic mass is 16.2. The van der Waals surface area contributed by atoms with E-state index in [1.54, 1.807) is 12.2 Å². The standard InChI is InChI=1S/C20H27N3O2/c1-3-11-22(12-4-2)16-19(24)21-15-17-7-9-18(10-8-17)20(25)23-13-5-6-14-23/h3-4,7-10H,1-2,5-6,11-16H2,(H,21,24). The van der Waals surface area contributed by atoms with Crippen molar-refractivity contribution in [3.63, 3.8) is 0 Å². The zero-order chi connectivity index (χ0) is 18.1. The molecule has 0 spiro atoms. The van der Waals surface area contributed by atoms with Gasteiger partial charge in [-0.05, 0) is 30.5 Å². The maximum absolute atomic E-state index is 12.3.